The van der Waals surface area contributed by atoms with Crippen molar-refractivity contribution in [1.29, 1.82) is 0 Å². The summed E-state index contributed by atoms with van der Waals surface area (Å²) in [5, 5.41) is 9.11. The number of hydrogen-bond acceptors (Lipinski definition) is 4. The number of methoxy groups -OCH3 is 2. The second kappa shape index (κ2) is 7.79. The molecule has 6 heteroatoms. The van der Waals surface area contributed by atoms with Crippen LogP contribution in [-0.2, 0) is 4.74 Å². The minimum atomic E-state index is -1.09. The zero-order chi connectivity index (χ0) is 15.4. The number of amides is 1. The number of carboxylic acid groups (broad SMARTS) is 1. The molecule has 1 aromatic carbocycles. The summed E-state index contributed by atoms with van der Waals surface area (Å²) in [6.07, 6.45) is 1.82. The van der Waals surface area contributed by atoms with E-state index in [4.69, 9.17) is 14.6 Å². The molecule has 0 bridgehead atoms. The van der Waals surface area contributed by atoms with Gasteiger partial charge in [0.2, 0.25) is 0 Å². The first-order chi connectivity index (χ1) is 10.1. The van der Waals surface area contributed by atoms with Gasteiger partial charge in [0.25, 0.3) is 5.91 Å². The predicted molar refractivity (Wildman–Crippen MR) is 82.6 cm³/mol. The van der Waals surface area contributed by atoms with Crippen molar-refractivity contribution in [3.63, 3.8) is 0 Å². The Kier molecular flexibility index (Phi) is 6.37. The monoisotopic (exact) mass is 309 g/mol. The highest BCUT2D eigenvalue weighted by atomic mass is 16.5. The molecule has 1 aliphatic heterocycles. The standard InChI is InChI=1S/C15H19NO5.CH4/c1-20-9-12-4-3-5-16(12)14(17)10-6-11(15(18)19)8-13(7-10)21-2;/h6-8,12H,3-5,9H2,1-2H3,(H,18,19);1H4/t12-;/m1./s1. The summed E-state index contributed by atoms with van der Waals surface area (Å²) in [6.45, 7) is 1.15. The van der Waals surface area contributed by atoms with Crippen LogP contribution in [0.2, 0.25) is 0 Å². The van der Waals surface area contributed by atoms with E-state index in [-0.39, 0.29) is 24.9 Å². The van der Waals surface area contributed by atoms with E-state index >= 15 is 0 Å². The molecule has 1 aliphatic rings. The Labute approximate surface area is 130 Å². The number of carbonyl (C=O) groups excluding carboxylic acids is 1. The number of benzene rings is 1. The molecule has 1 aromatic rings. The summed E-state index contributed by atoms with van der Waals surface area (Å²) in [7, 11) is 3.05. The minimum absolute atomic E-state index is 0. The first-order valence-electron chi connectivity index (χ1n) is 6.79. The maximum Gasteiger partial charge on any atom is 0.335 e. The fourth-order valence-corrected chi connectivity index (χ4v) is 2.60. The largest absolute Gasteiger partial charge is 0.497 e. The normalized spacial score (nSPS) is 17.0. The van der Waals surface area contributed by atoms with Crippen LogP contribution < -0.4 is 4.74 Å². The number of ether oxygens (including phenoxy) is 2. The zero-order valence-corrected chi connectivity index (χ0v) is 12.2. The van der Waals surface area contributed by atoms with Crippen molar-refractivity contribution in [3.05, 3.63) is 29.3 Å². The van der Waals surface area contributed by atoms with E-state index in [9.17, 15) is 9.59 Å². The number of carbonyl (C=O) groups is 2. The molecular formula is C16H23NO5. The molecule has 122 valence electrons. The van der Waals surface area contributed by atoms with Crippen LogP contribution in [0.1, 0.15) is 41.0 Å². The summed E-state index contributed by atoms with van der Waals surface area (Å²) >= 11 is 0. The van der Waals surface area contributed by atoms with Crippen LogP contribution in [0.5, 0.6) is 5.75 Å². The highest BCUT2D eigenvalue weighted by Gasteiger charge is 2.29. The maximum atomic E-state index is 12.6. The Morgan fingerprint density at radius 3 is 2.55 bits per heavy atom. The molecular weight excluding hydrogens is 286 g/mol. The van der Waals surface area contributed by atoms with Gasteiger partial charge in [0.1, 0.15) is 5.75 Å². The second-order valence-corrected chi connectivity index (χ2v) is 5.01. The SMILES string of the molecule is C.COC[C@H]1CCCN1C(=O)c1cc(OC)cc(C(=O)O)c1. The van der Waals surface area contributed by atoms with Crippen LogP contribution in [-0.4, -0.2) is 55.3 Å². The molecule has 0 unspecified atom stereocenters. The molecule has 0 spiro atoms. The molecule has 1 fully saturated rings. The van der Waals surface area contributed by atoms with Crippen molar-refractivity contribution in [3.8, 4) is 5.75 Å². The first kappa shape index (κ1) is 18.0. The van der Waals surface area contributed by atoms with Gasteiger partial charge in [0.15, 0.2) is 0 Å². The van der Waals surface area contributed by atoms with E-state index in [2.05, 4.69) is 0 Å². The molecule has 2 rings (SSSR count). The Morgan fingerprint density at radius 1 is 1.27 bits per heavy atom. The molecule has 0 aromatic heterocycles. The van der Waals surface area contributed by atoms with Gasteiger partial charge in [0.05, 0.1) is 25.3 Å². The number of hydrogen-bond donors (Lipinski definition) is 1. The van der Waals surface area contributed by atoms with Gasteiger partial charge >= 0.3 is 5.97 Å². The smallest absolute Gasteiger partial charge is 0.335 e. The Morgan fingerprint density at radius 2 is 1.95 bits per heavy atom. The summed E-state index contributed by atoms with van der Waals surface area (Å²) < 4.78 is 10.2. The van der Waals surface area contributed by atoms with Gasteiger partial charge in [-0.2, -0.15) is 0 Å². The van der Waals surface area contributed by atoms with Gasteiger partial charge in [-0.05, 0) is 31.0 Å². The minimum Gasteiger partial charge on any atom is -0.497 e. The van der Waals surface area contributed by atoms with Crippen molar-refractivity contribution in [1.82, 2.24) is 4.90 Å². The van der Waals surface area contributed by atoms with Gasteiger partial charge < -0.3 is 19.5 Å². The number of rotatable bonds is 5. The quantitative estimate of drug-likeness (QED) is 0.903. The first-order valence-corrected chi connectivity index (χ1v) is 6.79. The Bertz CT molecular complexity index is 543. The maximum absolute atomic E-state index is 12.6. The van der Waals surface area contributed by atoms with Gasteiger partial charge in [-0.1, -0.05) is 7.43 Å². The van der Waals surface area contributed by atoms with Crippen molar-refractivity contribution in [2.24, 2.45) is 0 Å². The van der Waals surface area contributed by atoms with E-state index in [0.29, 0.717) is 24.5 Å². The van der Waals surface area contributed by atoms with E-state index in [1.807, 2.05) is 0 Å². The lowest BCUT2D eigenvalue weighted by Gasteiger charge is -2.24. The number of aromatic carboxylic acids is 1. The molecule has 22 heavy (non-hydrogen) atoms. The molecule has 0 saturated carbocycles. The molecule has 1 atom stereocenters. The molecule has 6 nitrogen and oxygen atoms in total. The lowest BCUT2D eigenvalue weighted by atomic mass is 10.1. The van der Waals surface area contributed by atoms with E-state index in [1.54, 1.807) is 18.1 Å². The van der Waals surface area contributed by atoms with Crippen LogP contribution >= 0.6 is 0 Å². The molecule has 0 radical (unpaired) electrons. The fraction of sp³-hybridized carbons (Fsp3) is 0.500. The molecule has 1 N–H and O–H groups in total. The third kappa shape index (κ3) is 3.76. The summed E-state index contributed by atoms with van der Waals surface area (Å²) in [5.74, 6) is -0.908. The van der Waals surface area contributed by atoms with Crippen LogP contribution in [0.4, 0.5) is 0 Å². The second-order valence-electron chi connectivity index (χ2n) is 5.01. The lowest BCUT2D eigenvalue weighted by molar-refractivity contribution is 0.0630. The van der Waals surface area contributed by atoms with Crippen LogP contribution in [0.15, 0.2) is 18.2 Å². The molecule has 1 heterocycles. The van der Waals surface area contributed by atoms with Crippen LogP contribution in [0, 0.1) is 0 Å². The van der Waals surface area contributed by atoms with Gasteiger partial charge in [0, 0.05) is 19.2 Å². The number of nitrogens with zero attached hydrogens (tertiary/aromatic N) is 1. The van der Waals surface area contributed by atoms with Crippen molar-refractivity contribution in [2.75, 3.05) is 27.4 Å². The average Bonchev–Trinajstić information content (AvgIpc) is 2.94. The predicted octanol–water partition coefficient (Wildman–Crippen LogP) is 2.28. The van der Waals surface area contributed by atoms with E-state index in [1.165, 1.54) is 19.2 Å². The van der Waals surface area contributed by atoms with E-state index < -0.39 is 5.97 Å². The highest BCUT2D eigenvalue weighted by Crippen LogP contribution is 2.23. The summed E-state index contributed by atoms with van der Waals surface area (Å²) in [4.78, 5) is 25.5. The van der Waals surface area contributed by atoms with Crippen LogP contribution in [0.25, 0.3) is 0 Å². The van der Waals surface area contributed by atoms with E-state index in [0.717, 1.165) is 12.8 Å². The van der Waals surface area contributed by atoms with Gasteiger partial charge in [-0.25, -0.2) is 4.79 Å². The Hall–Kier alpha value is -2.08. The summed E-state index contributed by atoms with van der Waals surface area (Å²) in [5.41, 5.74) is 0.370. The van der Waals surface area contributed by atoms with Crippen molar-refractivity contribution >= 4 is 11.9 Å². The highest BCUT2D eigenvalue weighted by molar-refractivity contribution is 5.98. The zero-order valence-electron chi connectivity index (χ0n) is 12.2. The fourth-order valence-electron chi connectivity index (χ4n) is 2.60. The third-order valence-electron chi connectivity index (χ3n) is 3.63. The lowest BCUT2D eigenvalue weighted by Crippen LogP contribution is -2.38. The average molecular weight is 309 g/mol. The number of carboxylic acids is 1. The molecule has 1 amide bonds. The summed E-state index contributed by atoms with van der Waals surface area (Å²) in [6, 6.07) is 4.39. The van der Waals surface area contributed by atoms with Crippen LogP contribution in [0.3, 0.4) is 0 Å². The third-order valence-corrected chi connectivity index (χ3v) is 3.63. The topological polar surface area (TPSA) is 76.1 Å². The van der Waals surface area contributed by atoms with Gasteiger partial charge in [-0.15, -0.1) is 0 Å². The molecule has 0 aliphatic carbocycles. The van der Waals surface area contributed by atoms with Crippen molar-refractivity contribution in [2.45, 2.75) is 26.3 Å². The van der Waals surface area contributed by atoms with Crippen molar-refractivity contribution < 1.29 is 24.2 Å². The number of likely N-dealkylation sites (tertiary alicyclic amines) is 1. The van der Waals surface area contributed by atoms with Gasteiger partial charge in [-0.3, -0.25) is 4.79 Å². The Balaban J connectivity index is 0.00000242. The molecule has 1 saturated heterocycles.